The van der Waals surface area contributed by atoms with Crippen LogP contribution < -0.4 is 0 Å². The lowest BCUT2D eigenvalue weighted by Gasteiger charge is -2.32. The van der Waals surface area contributed by atoms with Gasteiger partial charge in [0.05, 0.1) is 6.10 Å². The fourth-order valence-electron chi connectivity index (χ4n) is 3.66. The molecule has 0 aromatic heterocycles. The van der Waals surface area contributed by atoms with Crippen molar-refractivity contribution in [3.8, 4) is 0 Å². The van der Waals surface area contributed by atoms with Gasteiger partial charge < -0.3 is 5.11 Å². The molecule has 2 nitrogen and oxygen atoms in total. The van der Waals surface area contributed by atoms with Gasteiger partial charge in [-0.2, -0.15) is 0 Å². The van der Waals surface area contributed by atoms with Crippen LogP contribution in [-0.2, 0) is 0 Å². The molecule has 1 unspecified atom stereocenters. The fraction of sp³-hybridized carbons (Fsp3) is 1.00. The van der Waals surface area contributed by atoms with E-state index in [-0.39, 0.29) is 6.10 Å². The standard InChI is InChI=1S/C15H29NO/c1-15(2,3)12-6-5-10-16(11-9-12)13-7-4-8-14(13)17/h12-14,17H,4-11H2,1-3H3/t12?,13-,14-/m0/s1. The van der Waals surface area contributed by atoms with Crippen molar-refractivity contribution in [3.63, 3.8) is 0 Å². The molecule has 0 spiro atoms. The Balaban J connectivity index is 1.91. The van der Waals surface area contributed by atoms with Crippen molar-refractivity contribution in [2.45, 2.75) is 71.4 Å². The minimum Gasteiger partial charge on any atom is -0.391 e. The Morgan fingerprint density at radius 2 is 1.71 bits per heavy atom. The van der Waals surface area contributed by atoms with Crippen molar-refractivity contribution in [3.05, 3.63) is 0 Å². The van der Waals surface area contributed by atoms with Gasteiger partial charge in [-0.15, -0.1) is 0 Å². The lowest BCUT2D eigenvalue weighted by Crippen LogP contribution is -2.41. The van der Waals surface area contributed by atoms with Crippen molar-refractivity contribution in [1.82, 2.24) is 4.90 Å². The summed E-state index contributed by atoms with van der Waals surface area (Å²) in [6, 6.07) is 0.466. The Morgan fingerprint density at radius 3 is 2.29 bits per heavy atom. The van der Waals surface area contributed by atoms with E-state index in [9.17, 15) is 5.11 Å². The predicted molar refractivity (Wildman–Crippen MR) is 72.0 cm³/mol. The van der Waals surface area contributed by atoms with E-state index in [1.165, 1.54) is 45.2 Å². The molecule has 1 saturated heterocycles. The highest BCUT2D eigenvalue weighted by atomic mass is 16.3. The monoisotopic (exact) mass is 239 g/mol. The van der Waals surface area contributed by atoms with Crippen LogP contribution in [0, 0.1) is 11.3 Å². The molecule has 0 bridgehead atoms. The van der Waals surface area contributed by atoms with E-state index in [1.807, 2.05) is 0 Å². The molecule has 17 heavy (non-hydrogen) atoms. The van der Waals surface area contributed by atoms with E-state index < -0.39 is 0 Å². The molecule has 1 heterocycles. The smallest absolute Gasteiger partial charge is 0.0695 e. The second-order valence-corrected chi connectivity index (χ2v) is 7.10. The van der Waals surface area contributed by atoms with Gasteiger partial charge >= 0.3 is 0 Å². The first-order valence-corrected chi connectivity index (χ1v) is 7.40. The van der Waals surface area contributed by atoms with Crippen LogP contribution in [0.4, 0.5) is 0 Å². The van der Waals surface area contributed by atoms with Crippen molar-refractivity contribution in [1.29, 1.82) is 0 Å². The summed E-state index contributed by atoms with van der Waals surface area (Å²) in [5.74, 6) is 0.853. The Bertz CT molecular complexity index is 246. The summed E-state index contributed by atoms with van der Waals surface area (Å²) in [4.78, 5) is 2.57. The van der Waals surface area contributed by atoms with Crippen molar-refractivity contribution >= 4 is 0 Å². The van der Waals surface area contributed by atoms with Crippen molar-refractivity contribution in [2.75, 3.05) is 13.1 Å². The molecule has 1 aliphatic heterocycles. The number of hydrogen-bond acceptors (Lipinski definition) is 2. The van der Waals surface area contributed by atoms with Gasteiger partial charge in [0.15, 0.2) is 0 Å². The summed E-state index contributed by atoms with van der Waals surface area (Å²) in [5, 5.41) is 10.0. The molecule has 1 aliphatic carbocycles. The molecule has 2 rings (SSSR count). The van der Waals surface area contributed by atoms with Crippen LogP contribution >= 0.6 is 0 Å². The molecule has 2 fully saturated rings. The normalized spacial score (nSPS) is 37.1. The van der Waals surface area contributed by atoms with Gasteiger partial charge in [0.2, 0.25) is 0 Å². The van der Waals surface area contributed by atoms with E-state index in [0.29, 0.717) is 11.5 Å². The Hall–Kier alpha value is -0.0800. The fourth-order valence-corrected chi connectivity index (χ4v) is 3.66. The Morgan fingerprint density at radius 1 is 0.941 bits per heavy atom. The van der Waals surface area contributed by atoms with Gasteiger partial charge in [-0.1, -0.05) is 20.8 Å². The number of hydrogen-bond donors (Lipinski definition) is 1. The maximum atomic E-state index is 10.0. The Kier molecular flexibility index (Phi) is 4.14. The molecule has 2 heteroatoms. The van der Waals surface area contributed by atoms with Crippen LogP contribution in [0.1, 0.15) is 59.3 Å². The average molecular weight is 239 g/mol. The molecule has 0 aromatic carbocycles. The summed E-state index contributed by atoms with van der Waals surface area (Å²) >= 11 is 0. The maximum absolute atomic E-state index is 10.0. The molecular formula is C15H29NO. The molecule has 100 valence electrons. The third-order valence-corrected chi connectivity index (χ3v) is 4.90. The van der Waals surface area contributed by atoms with Crippen LogP contribution in [0.5, 0.6) is 0 Å². The van der Waals surface area contributed by atoms with Gasteiger partial charge in [0, 0.05) is 6.04 Å². The van der Waals surface area contributed by atoms with Gasteiger partial charge in [-0.3, -0.25) is 4.90 Å². The Labute approximate surface area is 106 Å². The number of nitrogens with zero attached hydrogens (tertiary/aromatic N) is 1. The third kappa shape index (κ3) is 3.23. The zero-order chi connectivity index (χ0) is 12.5. The quantitative estimate of drug-likeness (QED) is 0.760. The number of aliphatic hydroxyl groups excluding tert-OH is 1. The van der Waals surface area contributed by atoms with E-state index in [4.69, 9.17) is 0 Å². The first-order chi connectivity index (χ1) is 7.98. The summed E-state index contributed by atoms with van der Waals surface area (Å²) < 4.78 is 0. The zero-order valence-corrected chi connectivity index (χ0v) is 11.8. The maximum Gasteiger partial charge on any atom is 0.0695 e. The first kappa shape index (κ1) is 13.4. The minimum absolute atomic E-state index is 0.0545. The molecule has 2 aliphatic rings. The van der Waals surface area contributed by atoms with Gasteiger partial charge in [-0.25, -0.2) is 0 Å². The van der Waals surface area contributed by atoms with Gasteiger partial charge in [0.25, 0.3) is 0 Å². The second-order valence-electron chi connectivity index (χ2n) is 7.10. The SMILES string of the molecule is CC(C)(C)C1CCCN([C@H]2CCC[C@@H]2O)CC1. The van der Waals surface area contributed by atoms with E-state index in [1.54, 1.807) is 0 Å². The van der Waals surface area contributed by atoms with Crippen LogP contribution in [0.2, 0.25) is 0 Å². The topological polar surface area (TPSA) is 23.5 Å². The molecule has 0 aromatic rings. The lowest BCUT2D eigenvalue weighted by molar-refractivity contribution is 0.0707. The van der Waals surface area contributed by atoms with E-state index in [0.717, 1.165) is 12.3 Å². The van der Waals surface area contributed by atoms with Crippen LogP contribution in [0.15, 0.2) is 0 Å². The van der Waals surface area contributed by atoms with Crippen molar-refractivity contribution < 1.29 is 5.11 Å². The minimum atomic E-state index is -0.0545. The van der Waals surface area contributed by atoms with Crippen LogP contribution in [0.3, 0.4) is 0 Å². The molecule has 0 radical (unpaired) electrons. The van der Waals surface area contributed by atoms with Crippen molar-refractivity contribution in [2.24, 2.45) is 11.3 Å². The average Bonchev–Trinajstić information content (AvgIpc) is 2.53. The predicted octanol–water partition coefficient (Wildman–Crippen LogP) is 3.05. The largest absolute Gasteiger partial charge is 0.391 e. The summed E-state index contributed by atoms with van der Waals surface area (Å²) in [6.45, 7) is 9.52. The number of aliphatic hydroxyl groups is 1. The molecule has 1 N–H and O–H groups in total. The highest BCUT2D eigenvalue weighted by Crippen LogP contribution is 2.35. The molecule has 1 saturated carbocycles. The number of likely N-dealkylation sites (tertiary alicyclic amines) is 1. The highest BCUT2D eigenvalue weighted by molar-refractivity contribution is 4.88. The van der Waals surface area contributed by atoms with E-state index in [2.05, 4.69) is 25.7 Å². The zero-order valence-electron chi connectivity index (χ0n) is 11.8. The molecule has 3 atom stereocenters. The molecule has 0 amide bonds. The lowest BCUT2D eigenvalue weighted by atomic mass is 9.77. The summed E-state index contributed by atoms with van der Waals surface area (Å²) in [7, 11) is 0. The summed E-state index contributed by atoms with van der Waals surface area (Å²) in [6.07, 6.45) is 7.37. The third-order valence-electron chi connectivity index (χ3n) is 4.90. The highest BCUT2D eigenvalue weighted by Gasteiger charge is 2.33. The van der Waals surface area contributed by atoms with Gasteiger partial charge in [-0.05, 0) is 62.9 Å². The van der Waals surface area contributed by atoms with Gasteiger partial charge in [0.1, 0.15) is 0 Å². The summed E-state index contributed by atoms with van der Waals surface area (Å²) in [5.41, 5.74) is 0.449. The molecular weight excluding hydrogens is 210 g/mol. The van der Waals surface area contributed by atoms with Crippen LogP contribution in [0.25, 0.3) is 0 Å². The van der Waals surface area contributed by atoms with Crippen LogP contribution in [-0.4, -0.2) is 35.2 Å². The number of rotatable bonds is 1. The second kappa shape index (κ2) is 5.27. The van der Waals surface area contributed by atoms with E-state index >= 15 is 0 Å². The first-order valence-electron chi connectivity index (χ1n) is 7.40.